The van der Waals surface area contributed by atoms with Crippen LogP contribution in [0.5, 0.6) is 0 Å². The van der Waals surface area contributed by atoms with Gasteiger partial charge in [-0.25, -0.2) is 15.4 Å². The summed E-state index contributed by atoms with van der Waals surface area (Å²) in [5.41, 5.74) is 4.71. The lowest BCUT2D eigenvalue weighted by molar-refractivity contribution is 0.126. The largest absolute Gasteiger partial charge is 0.381 e. The van der Waals surface area contributed by atoms with Gasteiger partial charge in [0.25, 0.3) is 0 Å². The number of nitrogens with zero attached hydrogens (tertiary/aromatic N) is 3. The molecule has 0 aliphatic carbocycles. The van der Waals surface area contributed by atoms with Crippen LogP contribution in [-0.2, 0) is 9.57 Å². The Bertz CT molecular complexity index is 585. The predicted octanol–water partition coefficient (Wildman–Crippen LogP) is 2.23. The molecule has 3 heterocycles. The molecule has 2 aromatic rings. The van der Waals surface area contributed by atoms with Crippen LogP contribution in [0.25, 0.3) is 11.4 Å². The second-order valence-electron chi connectivity index (χ2n) is 5.10. The fraction of sp³-hybridized carbons (Fsp3) is 0.400. The summed E-state index contributed by atoms with van der Waals surface area (Å²) in [7, 11) is 0. The quantitative estimate of drug-likeness (QED) is 0.850. The molecule has 1 saturated heterocycles. The summed E-state index contributed by atoms with van der Waals surface area (Å²) in [4.78, 5) is 18.4. The van der Waals surface area contributed by atoms with Crippen molar-refractivity contribution in [3.8, 4) is 11.4 Å². The minimum Gasteiger partial charge on any atom is -0.381 e. The van der Waals surface area contributed by atoms with E-state index in [1.807, 2.05) is 25.1 Å². The Morgan fingerprint density at radius 3 is 2.95 bits per heavy atom. The molecule has 2 aromatic heterocycles. The average Bonchev–Trinajstić information content (AvgIpc) is 3.01. The Balaban J connectivity index is 1.66. The van der Waals surface area contributed by atoms with Gasteiger partial charge in [0.15, 0.2) is 11.6 Å². The van der Waals surface area contributed by atoms with Crippen molar-refractivity contribution in [1.82, 2.24) is 15.0 Å². The van der Waals surface area contributed by atoms with Crippen molar-refractivity contribution in [2.75, 3.05) is 25.3 Å². The zero-order valence-corrected chi connectivity index (χ0v) is 12.0. The summed E-state index contributed by atoms with van der Waals surface area (Å²) in [6.45, 7) is 4.15. The van der Waals surface area contributed by atoms with Crippen molar-refractivity contribution in [3.63, 3.8) is 0 Å². The molecule has 1 unspecified atom stereocenters. The molecule has 1 aliphatic heterocycles. The zero-order chi connectivity index (χ0) is 14.5. The number of pyridine rings is 1. The van der Waals surface area contributed by atoms with E-state index in [1.165, 1.54) is 0 Å². The van der Waals surface area contributed by atoms with Gasteiger partial charge in [-0.2, -0.15) is 0 Å². The van der Waals surface area contributed by atoms with Gasteiger partial charge in [-0.05, 0) is 25.5 Å². The fourth-order valence-electron chi connectivity index (χ4n) is 2.20. The van der Waals surface area contributed by atoms with Crippen LogP contribution < -0.4 is 5.48 Å². The van der Waals surface area contributed by atoms with Crippen LogP contribution >= 0.6 is 0 Å². The van der Waals surface area contributed by atoms with Crippen molar-refractivity contribution < 1.29 is 9.57 Å². The zero-order valence-electron chi connectivity index (χ0n) is 12.0. The number of aryl methyl sites for hydroxylation is 1. The molecule has 1 aliphatic rings. The molecule has 1 fully saturated rings. The van der Waals surface area contributed by atoms with Crippen LogP contribution in [-0.4, -0.2) is 34.8 Å². The van der Waals surface area contributed by atoms with Crippen molar-refractivity contribution in [2.24, 2.45) is 5.92 Å². The van der Waals surface area contributed by atoms with Crippen LogP contribution in [0.15, 0.2) is 30.6 Å². The monoisotopic (exact) mass is 286 g/mol. The van der Waals surface area contributed by atoms with Crippen LogP contribution in [0.3, 0.4) is 0 Å². The van der Waals surface area contributed by atoms with E-state index >= 15 is 0 Å². The standard InChI is InChI=1S/C15H18N4O2/c1-11-8-14(19-21-10-12-4-7-20-9-12)18-15(17-11)13-2-5-16-6-3-13/h2-3,5-6,8,12H,4,7,9-10H2,1H3,(H,17,18,19). The Morgan fingerprint density at radius 1 is 1.33 bits per heavy atom. The number of hydrogen-bond donors (Lipinski definition) is 1. The lowest BCUT2D eigenvalue weighted by atomic mass is 10.1. The molecule has 0 amide bonds. The molecule has 0 bridgehead atoms. The van der Waals surface area contributed by atoms with Crippen molar-refractivity contribution >= 4 is 5.82 Å². The molecular weight excluding hydrogens is 268 g/mol. The maximum absolute atomic E-state index is 5.52. The van der Waals surface area contributed by atoms with E-state index in [0.29, 0.717) is 24.2 Å². The molecule has 0 radical (unpaired) electrons. The van der Waals surface area contributed by atoms with Crippen LogP contribution in [0, 0.1) is 12.8 Å². The van der Waals surface area contributed by atoms with Crippen molar-refractivity contribution in [3.05, 3.63) is 36.3 Å². The first-order valence-electron chi connectivity index (χ1n) is 7.03. The van der Waals surface area contributed by atoms with Gasteiger partial charge in [-0.3, -0.25) is 9.82 Å². The minimum absolute atomic E-state index is 0.458. The van der Waals surface area contributed by atoms with Gasteiger partial charge >= 0.3 is 0 Å². The van der Waals surface area contributed by atoms with Gasteiger partial charge in [-0.1, -0.05) is 0 Å². The molecule has 110 valence electrons. The van der Waals surface area contributed by atoms with Crippen LogP contribution in [0.1, 0.15) is 12.1 Å². The molecular formula is C15H18N4O2. The predicted molar refractivity (Wildman–Crippen MR) is 78.5 cm³/mol. The second-order valence-corrected chi connectivity index (χ2v) is 5.10. The van der Waals surface area contributed by atoms with E-state index in [9.17, 15) is 0 Å². The summed E-state index contributed by atoms with van der Waals surface area (Å²) in [5.74, 6) is 1.78. The normalized spacial score (nSPS) is 17.9. The summed E-state index contributed by atoms with van der Waals surface area (Å²) in [5, 5.41) is 0. The molecule has 0 saturated carbocycles. The van der Waals surface area contributed by atoms with Gasteiger partial charge in [0.1, 0.15) is 0 Å². The van der Waals surface area contributed by atoms with Gasteiger partial charge in [0.2, 0.25) is 0 Å². The third kappa shape index (κ3) is 3.74. The maximum Gasteiger partial charge on any atom is 0.161 e. The van der Waals surface area contributed by atoms with Gasteiger partial charge in [-0.15, -0.1) is 0 Å². The summed E-state index contributed by atoms with van der Waals surface area (Å²) in [6.07, 6.45) is 4.50. The van der Waals surface area contributed by atoms with Crippen molar-refractivity contribution in [2.45, 2.75) is 13.3 Å². The van der Waals surface area contributed by atoms with E-state index in [2.05, 4.69) is 20.4 Å². The summed E-state index contributed by atoms with van der Waals surface area (Å²) >= 11 is 0. The number of rotatable bonds is 5. The Hall–Kier alpha value is -2.05. The van der Waals surface area contributed by atoms with Crippen molar-refractivity contribution in [1.29, 1.82) is 0 Å². The highest BCUT2D eigenvalue weighted by Gasteiger charge is 2.15. The van der Waals surface area contributed by atoms with Crippen LogP contribution in [0.2, 0.25) is 0 Å². The second kappa shape index (κ2) is 6.60. The Morgan fingerprint density at radius 2 is 2.19 bits per heavy atom. The summed E-state index contributed by atoms with van der Waals surface area (Å²) < 4.78 is 5.32. The van der Waals surface area contributed by atoms with E-state index in [4.69, 9.17) is 9.57 Å². The van der Waals surface area contributed by atoms with E-state index in [0.717, 1.165) is 30.9 Å². The molecule has 1 N–H and O–H groups in total. The molecule has 6 heteroatoms. The smallest absolute Gasteiger partial charge is 0.161 e. The number of ether oxygens (including phenoxy) is 1. The topological polar surface area (TPSA) is 69.2 Å². The Kier molecular flexibility index (Phi) is 4.37. The third-order valence-electron chi connectivity index (χ3n) is 3.31. The van der Waals surface area contributed by atoms with E-state index in [1.54, 1.807) is 12.4 Å². The minimum atomic E-state index is 0.458. The highest BCUT2D eigenvalue weighted by Crippen LogP contribution is 2.17. The SMILES string of the molecule is Cc1cc(NOCC2CCOC2)nc(-c2ccncc2)n1. The highest BCUT2D eigenvalue weighted by atomic mass is 16.6. The number of hydrogen-bond acceptors (Lipinski definition) is 6. The van der Waals surface area contributed by atoms with E-state index < -0.39 is 0 Å². The molecule has 0 aromatic carbocycles. The number of aromatic nitrogens is 3. The maximum atomic E-state index is 5.52. The van der Waals surface area contributed by atoms with Gasteiger partial charge in [0.05, 0.1) is 13.2 Å². The first kappa shape index (κ1) is 13.9. The fourth-order valence-corrected chi connectivity index (χ4v) is 2.20. The lowest BCUT2D eigenvalue weighted by Gasteiger charge is -2.11. The van der Waals surface area contributed by atoms with E-state index in [-0.39, 0.29) is 0 Å². The summed E-state index contributed by atoms with van der Waals surface area (Å²) in [6, 6.07) is 5.63. The molecule has 0 spiro atoms. The average molecular weight is 286 g/mol. The lowest BCUT2D eigenvalue weighted by Crippen LogP contribution is -2.14. The van der Waals surface area contributed by atoms with Gasteiger partial charge in [0, 0.05) is 42.2 Å². The third-order valence-corrected chi connectivity index (χ3v) is 3.31. The number of nitrogens with one attached hydrogen (secondary N) is 1. The Labute approximate surface area is 123 Å². The molecule has 1 atom stereocenters. The van der Waals surface area contributed by atoms with Crippen LogP contribution in [0.4, 0.5) is 5.82 Å². The van der Waals surface area contributed by atoms with Gasteiger partial charge < -0.3 is 4.74 Å². The molecule has 3 rings (SSSR count). The molecule has 6 nitrogen and oxygen atoms in total. The number of anilines is 1. The highest BCUT2D eigenvalue weighted by molar-refractivity contribution is 5.56. The first-order chi connectivity index (χ1) is 10.3. The first-order valence-corrected chi connectivity index (χ1v) is 7.03. The molecule has 21 heavy (non-hydrogen) atoms.